The van der Waals surface area contributed by atoms with Gasteiger partial charge < -0.3 is 9.88 Å². The van der Waals surface area contributed by atoms with Crippen molar-refractivity contribution < 1.29 is 9.18 Å². The Bertz CT molecular complexity index is 801. The molecule has 2 aliphatic rings. The Morgan fingerprint density at radius 1 is 1.19 bits per heavy atom. The van der Waals surface area contributed by atoms with E-state index in [1.54, 1.807) is 0 Å². The van der Waals surface area contributed by atoms with Gasteiger partial charge in [-0.25, -0.2) is 4.39 Å². The van der Waals surface area contributed by atoms with Crippen LogP contribution in [0.5, 0.6) is 0 Å². The Hall–Kier alpha value is -2.28. The fourth-order valence-electron chi connectivity index (χ4n) is 4.09. The highest BCUT2D eigenvalue weighted by Crippen LogP contribution is 2.33. The maximum Gasteiger partial charge on any atom is 0.289 e. The fourth-order valence-corrected chi connectivity index (χ4v) is 4.09. The van der Waals surface area contributed by atoms with E-state index in [1.165, 1.54) is 12.1 Å². The van der Waals surface area contributed by atoms with Gasteiger partial charge in [-0.15, -0.1) is 10.2 Å². The van der Waals surface area contributed by atoms with E-state index in [-0.39, 0.29) is 17.8 Å². The highest BCUT2D eigenvalue weighted by molar-refractivity contribution is 5.90. The number of nitrogens with one attached hydrogen (secondary N) is 1. The Balaban J connectivity index is 1.44. The molecular formula is C19H24FN5O. The number of hydrogen-bond donors (Lipinski definition) is 1. The van der Waals surface area contributed by atoms with Crippen molar-refractivity contribution in [3.63, 3.8) is 0 Å². The molecule has 4 rings (SSSR count). The smallest absolute Gasteiger partial charge is 0.289 e. The lowest BCUT2D eigenvalue weighted by atomic mass is 9.89. The standard InChI is InChI=1S/C19H24FN5O/c1-12(2)21-19(26)18-23-22-17-7-14-9-24(10-15(14)11-25(17)18)8-13-3-5-16(20)6-4-13/h3-6,12,14-15H,7-11H2,1-2H3,(H,21,26)/t14-,15+/m1/s1. The van der Waals surface area contributed by atoms with Crippen LogP contribution in [0.25, 0.3) is 0 Å². The van der Waals surface area contributed by atoms with Crippen molar-refractivity contribution in [1.29, 1.82) is 0 Å². The summed E-state index contributed by atoms with van der Waals surface area (Å²) in [7, 11) is 0. The number of benzene rings is 1. The molecule has 6 nitrogen and oxygen atoms in total. The molecule has 2 atom stereocenters. The van der Waals surface area contributed by atoms with E-state index in [4.69, 9.17) is 0 Å². The van der Waals surface area contributed by atoms with Crippen molar-refractivity contribution >= 4 is 5.91 Å². The van der Waals surface area contributed by atoms with Gasteiger partial charge in [0.2, 0.25) is 5.82 Å². The molecule has 138 valence electrons. The maximum atomic E-state index is 13.1. The molecule has 0 spiro atoms. The predicted molar refractivity (Wildman–Crippen MR) is 95.0 cm³/mol. The Morgan fingerprint density at radius 3 is 2.65 bits per heavy atom. The first-order valence-electron chi connectivity index (χ1n) is 9.19. The highest BCUT2D eigenvalue weighted by Gasteiger charge is 2.39. The average molecular weight is 357 g/mol. The van der Waals surface area contributed by atoms with Crippen LogP contribution >= 0.6 is 0 Å². The van der Waals surface area contributed by atoms with E-state index in [0.717, 1.165) is 44.0 Å². The number of halogens is 1. The summed E-state index contributed by atoms with van der Waals surface area (Å²) in [6.07, 6.45) is 0.854. The normalized spacial score (nSPS) is 22.3. The quantitative estimate of drug-likeness (QED) is 0.907. The van der Waals surface area contributed by atoms with Gasteiger partial charge in [-0.2, -0.15) is 0 Å². The number of carbonyl (C=O) groups excluding carboxylic acids is 1. The van der Waals surface area contributed by atoms with Crippen LogP contribution < -0.4 is 5.32 Å². The Morgan fingerprint density at radius 2 is 1.92 bits per heavy atom. The zero-order valence-corrected chi connectivity index (χ0v) is 15.2. The average Bonchev–Trinajstić information content (AvgIpc) is 3.16. The molecule has 1 aromatic heterocycles. The number of aromatic nitrogens is 3. The summed E-state index contributed by atoms with van der Waals surface area (Å²) < 4.78 is 15.1. The van der Waals surface area contributed by atoms with Crippen LogP contribution in [-0.2, 0) is 19.5 Å². The Labute approximate surface area is 152 Å². The summed E-state index contributed by atoms with van der Waals surface area (Å²) in [4.78, 5) is 14.8. The number of amides is 1. The van der Waals surface area contributed by atoms with Gasteiger partial charge in [0.1, 0.15) is 11.6 Å². The lowest BCUT2D eigenvalue weighted by Crippen LogP contribution is -2.35. The molecule has 0 aliphatic carbocycles. The van der Waals surface area contributed by atoms with Crippen LogP contribution in [0, 0.1) is 17.7 Å². The molecule has 0 radical (unpaired) electrons. The summed E-state index contributed by atoms with van der Waals surface area (Å²) in [5.74, 6) is 2.00. The molecule has 26 heavy (non-hydrogen) atoms. The topological polar surface area (TPSA) is 63.1 Å². The highest BCUT2D eigenvalue weighted by atomic mass is 19.1. The molecule has 7 heteroatoms. The third kappa shape index (κ3) is 3.35. The van der Waals surface area contributed by atoms with E-state index in [1.807, 2.05) is 30.5 Å². The molecule has 1 saturated heterocycles. The number of fused-ring (bicyclic) bond motifs is 2. The van der Waals surface area contributed by atoms with Gasteiger partial charge >= 0.3 is 0 Å². The minimum Gasteiger partial charge on any atom is -0.347 e. The first kappa shape index (κ1) is 17.1. The lowest BCUT2D eigenvalue weighted by Gasteiger charge is -2.25. The van der Waals surface area contributed by atoms with Gasteiger partial charge in [0, 0.05) is 38.6 Å². The zero-order chi connectivity index (χ0) is 18.3. The fraction of sp³-hybridized carbons (Fsp3) is 0.526. The summed E-state index contributed by atoms with van der Waals surface area (Å²) in [6, 6.07) is 6.80. The van der Waals surface area contributed by atoms with E-state index in [0.29, 0.717) is 17.7 Å². The maximum absolute atomic E-state index is 13.1. The SMILES string of the molecule is CC(C)NC(=O)c1nnc2n1C[C@@H]1CN(Cc3ccc(F)cc3)C[C@H]1C2. The third-order valence-corrected chi connectivity index (χ3v) is 5.28. The summed E-state index contributed by atoms with van der Waals surface area (Å²) in [5.41, 5.74) is 1.13. The van der Waals surface area contributed by atoms with Gasteiger partial charge in [-0.1, -0.05) is 12.1 Å². The predicted octanol–water partition coefficient (Wildman–Crippen LogP) is 1.86. The molecular weight excluding hydrogens is 333 g/mol. The van der Waals surface area contributed by atoms with Crippen molar-refractivity contribution in [1.82, 2.24) is 25.0 Å². The summed E-state index contributed by atoms with van der Waals surface area (Å²) in [6.45, 7) is 7.47. The third-order valence-electron chi connectivity index (χ3n) is 5.28. The molecule has 1 amide bonds. The molecule has 0 saturated carbocycles. The minimum absolute atomic E-state index is 0.0736. The van der Waals surface area contributed by atoms with Crippen LogP contribution in [-0.4, -0.2) is 44.7 Å². The first-order valence-corrected chi connectivity index (χ1v) is 9.19. The number of rotatable bonds is 4. The second-order valence-corrected chi connectivity index (χ2v) is 7.72. The molecule has 0 bridgehead atoms. The van der Waals surface area contributed by atoms with Crippen molar-refractivity contribution in [3.05, 3.63) is 47.3 Å². The van der Waals surface area contributed by atoms with Crippen molar-refractivity contribution in [2.75, 3.05) is 13.1 Å². The van der Waals surface area contributed by atoms with Crippen LogP contribution in [0.3, 0.4) is 0 Å². The number of nitrogens with zero attached hydrogens (tertiary/aromatic N) is 4. The van der Waals surface area contributed by atoms with E-state index in [2.05, 4.69) is 20.4 Å². The summed E-state index contributed by atoms with van der Waals surface area (Å²) in [5, 5.41) is 11.3. The van der Waals surface area contributed by atoms with Crippen LogP contribution in [0.15, 0.2) is 24.3 Å². The van der Waals surface area contributed by atoms with Gasteiger partial charge in [0.05, 0.1) is 0 Å². The van der Waals surface area contributed by atoms with E-state index in [9.17, 15) is 9.18 Å². The molecule has 1 fully saturated rings. The monoisotopic (exact) mass is 357 g/mol. The van der Waals surface area contributed by atoms with Gasteiger partial charge in [0.15, 0.2) is 0 Å². The molecule has 0 unspecified atom stereocenters. The minimum atomic E-state index is -0.200. The van der Waals surface area contributed by atoms with Gasteiger partial charge in [-0.3, -0.25) is 9.69 Å². The molecule has 1 N–H and O–H groups in total. The zero-order valence-electron chi connectivity index (χ0n) is 15.2. The summed E-state index contributed by atoms with van der Waals surface area (Å²) >= 11 is 0. The van der Waals surface area contributed by atoms with Crippen LogP contribution in [0.4, 0.5) is 4.39 Å². The van der Waals surface area contributed by atoms with Crippen molar-refractivity contribution in [3.8, 4) is 0 Å². The first-order chi connectivity index (χ1) is 12.5. The van der Waals surface area contributed by atoms with Gasteiger partial charge in [0.25, 0.3) is 5.91 Å². The van der Waals surface area contributed by atoms with E-state index < -0.39 is 0 Å². The second-order valence-electron chi connectivity index (χ2n) is 7.72. The largest absolute Gasteiger partial charge is 0.347 e. The number of carbonyl (C=O) groups is 1. The van der Waals surface area contributed by atoms with Gasteiger partial charge in [-0.05, 0) is 43.4 Å². The number of likely N-dealkylation sites (tertiary alicyclic amines) is 1. The molecule has 1 aromatic carbocycles. The van der Waals surface area contributed by atoms with Crippen LogP contribution in [0.1, 0.15) is 35.9 Å². The molecule has 3 heterocycles. The molecule has 2 aromatic rings. The lowest BCUT2D eigenvalue weighted by molar-refractivity contribution is 0.0924. The van der Waals surface area contributed by atoms with Crippen molar-refractivity contribution in [2.45, 2.75) is 39.4 Å². The van der Waals surface area contributed by atoms with E-state index >= 15 is 0 Å². The second kappa shape index (κ2) is 6.79. The number of hydrogen-bond acceptors (Lipinski definition) is 4. The van der Waals surface area contributed by atoms with Crippen LogP contribution in [0.2, 0.25) is 0 Å². The van der Waals surface area contributed by atoms with Crippen molar-refractivity contribution in [2.24, 2.45) is 11.8 Å². The Kier molecular flexibility index (Phi) is 4.48. The molecule has 2 aliphatic heterocycles.